The molecule has 0 aromatic rings. The van der Waals surface area contributed by atoms with Crippen LogP contribution in [0.2, 0.25) is 0 Å². The fourth-order valence-electron chi connectivity index (χ4n) is 0.851. The third-order valence-corrected chi connectivity index (χ3v) is 3.03. The molecule has 0 heterocycles. The summed E-state index contributed by atoms with van der Waals surface area (Å²) in [5.41, 5.74) is 9.35. The molecule has 6 heteroatoms. The van der Waals surface area contributed by atoms with E-state index in [2.05, 4.69) is 10.2 Å². The van der Waals surface area contributed by atoms with Crippen molar-refractivity contribution < 1.29 is 0 Å². The van der Waals surface area contributed by atoms with Crippen LogP contribution in [0.1, 0.15) is 40.5 Å². The van der Waals surface area contributed by atoms with E-state index in [0.717, 1.165) is 0 Å². The van der Waals surface area contributed by atoms with Crippen LogP contribution in [0.5, 0.6) is 0 Å². The molecule has 0 spiro atoms. The van der Waals surface area contributed by atoms with Crippen LogP contribution in [-0.4, -0.2) is 22.7 Å². The predicted molar refractivity (Wildman–Crippen MR) is 66.1 cm³/mol. The first-order valence-electron chi connectivity index (χ1n) is 5.35. The largest absolute Gasteiger partial charge is 0.386 e. The van der Waals surface area contributed by atoms with E-state index in [1.165, 1.54) is 0 Å². The average Bonchev–Trinajstić information content (AvgIpc) is 2.24. The summed E-state index contributed by atoms with van der Waals surface area (Å²) >= 11 is 0. The van der Waals surface area contributed by atoms with Crippen molar-refractivity contribution in [3.8, 4) is 0 Å². The standard InChI is InChI=1S/C10H22N6/c1-5-9(3,7(11)12)15-16-10(4,6-2)8(13)14/h5-6H2,1-4H3,(H3,11,12)(H3,13,14). The Morgan fingerprint density at radius 2 is 1.19 bits per heavy atom. The second-order valence-electron chi connectivity index (χ2n) is 4.28. The zero-order valence-electron chi connectivity index (χ0n) is 10.5. The number of nitrogens with zero attached hydrogens (tertiary/aromatic N) is 2. The number of azo groups is 1. The second kappa shape index (κ2) is 5.05. The normalized spacial score (nSPS) is 19.0. The molecular formula is C10H22N6. The minimum Gasteiger partial charge on any atom is -0.386 e. The van der Waals surface area contributed by atoms with Crippen LogP contribution in [0.15, 0.2) is 10.2 Å². The lowest BCUT2D eigenvalue weighted by Gasteiger charge is -2.25. The van der Waals surface area contributed by atoms with Crippen LogP contribution < -0.4 is 11.5 Å². The summed E-state index contributed by atoms with van der Waals surface area (Å²) in [5.74, 6) is -0.0542. The molecule has 6 nitrogen and oxygen atoms in total. The molecule has 6 N–H and O–H groups in total. The van der Waals surface area contributed by atoms with Crippen LogP contribution in [0.3, 0.4) is 0 Å². The van der Waals surface area contributed by atoms with E-state index in [1.54, 1.807) is 13.8 Å². The minimum absolute atomic E-state index is 0.0271. The molecular weight excluding hydrogens is 204 g/mol. The lowest BCUT2D eigenvalue weighted by Crippen LogP contribution is -2.41. The molecule has 92 valence electrons. The van der Waals surface area contributed by atoms with Crippen LogP contribution >= 0.6 is 0 Å². The summed E-state index contributed by atoms with van der Waals surface area (Å²) in [5, 5.41) is 23.1. The topological polar surface area (TPSA) is 124 Å². The number of nitrogens with one attached hydrogen (secondary N) is 2. The first kappa shape index (κ1) is 14.5. The maximum Gasteiger partial charge on any atom is 0.135 e. The predicted octanol–water partition coefficient (Wildman–Crippen LogP) is 1.65. The highest BCUT2D eigenvalue weighted by Gasteiger charge is 2.30. The van der Waals surface area contributed by atoms with Gasteiger partial charge in [-0.15, -0.1) is 0 Å². The van der Waals surface area contributed by atoms with Crippen molar-refractivity contribution in [1.29, 1.82) is 10.8 Å². The Kier molecular flexibility index (Phi) is 4.59. The summed E-state index contributed by atoms with van der Waals surface area (Å²) in [6, 6.07) is 0. The number of nitrogens with two attached hydrogens (primary N) is 2. The lowest BCUT2D eigenvalue weighted by molar-refractivity contribution is 0.488. The Balaban J connectivity index is 5.07. The van der Waals surface area contributed by atoms with Gasteiger partial charge in [0.25, 0.3) is 0 Å². The fraction of sp³-hybridized carbons (Fsp3) is 0.800. The first-order valence-corrected chi connectivity index (χ1v) is 5.35. The van der Waals surface area contributed by atoms with E-state index in [9.17, 15) is 0 Å². The summed E-state index contributed by atoms with van der Waals surface area (Å²) in [6.45, 7) is 7.26. The molecule has 2 unspecified atom stereocenters. The monoisotopic (exact) mass is 226 g/mol. The van der Waals surface area contributed by atoms with E-state index >= 15 is 0 Å². The molecule has 0 aromatic carbocycles. The number of hydrogen-bond donors (Lipinski definition) is 4. The molecule has 0 aliphatic heterocycles. The van der Waals surface area contributed by atoms with E-state index in [4.69, 9.17) is 22.3 Å². The molecule has 0 aliphatic carbocycles. The molecule has 2 atom stereocenters. The van der Waals surface area contributed by atoms with E-state index < -0.39 is 11.1 Å². The Bertz CT molecular complexity index is 280. The molecule has 0 aromatic heterocycles. The van der Waals surface area contributed by atoms with E-state index in [0.29, 0.717) is 12.8 Å². The summed E-state index contributed by atoms with van der Waals surface area (Å²) in [7, 11) is 0. The zero-order chi connectivity index (χ0) is 13.0. The molecule has 16 heavy (non-hydrogen) atoms. The van der Waals surface area contributed by atoms with Gasteiger partial charge in [0.15, 0.2) is 0 Å². The van der Waals surface area contributed by atoms with Gasteiger partial charge in [0.2, 0.25) is 0 Å². The van der Waals surface area contributed by atoms with Crippen molar-refractivity contribution in [2.75, 3.05) is 0 Å². The average molecular weight is 226 g/mol. The maximum absolute atomic E-state index is 7.46. The van der Waals surface area contributed by atoms with Crippen molar-refractivity contribution in [1.82, 2.24) is 0 Å². The van der Waals surface area contributed by atoms with Gasteiger partial charge in [-0.2, -0.15) is 10.2 Å². The van der Waals surface area contributed by atoms with Crippen LogP contribution in [-0.2, 0) is 0 Å². The van der Waals surface area contributed by atoms with Gasteiger partial charge < -0.3 is 11.5 Å². The van der Waals surface area contributed by atoms with Gasteiger partial charge in [0.05, 0.1) is 0 Å². The Morgan fingerprint density at radius 3 is 1.31 bits per heavy atom. The molecule has 0 fully saturated rings. The lowest BCUT2D eigenvalue weighted by atomic mass is 9.97. The van der Waals surface area contributed by atoms with Crippen LogP contribution in [0, 0.1) is 10.8 Å². The quantitative estimate of drug-likeness (QED) is 0.312. The molecule has 0 rings (SSSR count). The Labute approximate surface area is 96.5 Å². The molecule has 0 aliphatic rings. The third-order valence-electron chi connectivity index (χ3n) is 3.03. The van der Waals surface area contributed by atoms with Gasteiger partial charge in [-0.3, -0.25) is 10.8 Å². The van der Waals surface area contributed by atoms with Crippen LogP contribution in [0.25, 0.3) is 0 Å². The van der Waals surface area contributed by atoms with Gasteiger partial charge in [0, 0.05) is 0 Å². The SMILES string of the molecule is CCC(C)(N=NC(C)(CC)C(=N)N)C(=N)N. The highest BCUT2D eigenvalue weighted by Crippen LogP contribution is 2.21. The van der Waals surface area contributed by atoms with Gasteiger partial charge >= 0.3 is 0 Å². The summed E-state index contributed by atoms with van der Waals surface area (Å²) < 4.78 is 0. The molecule has 0 saturated heterocycles. The highest BCUT2D eigenvalue weighted by molar-refractivity contribution is 5.88. The fourth-order valence-corrected chi connectivity index (χ4v) is 0.851. The molecule has 0 radical (unpaired) electrons. The second-order valence-corrected chi connectivity index (χ2v) is 4.28. The smallest absolute Gasteiger partial charge is 0.135 e. The third kappa shape index (κ3) is 3.01. The van der Waals surface area contributed by atoms with Crippen molar-refractivity contribution in [2.45, 2.75) is 51.6 Å². The van der Waals surface area contributed by atoms with Crippen molar-refractivity contribution in [3.05, 3.63) is 0 Å². The number of hydrogen-bond acceptors (Lipinski definition) is 4. The van der Waals surface area contributed by atoms with Crippen molar-refractivity contribution >= 4 is 11.7 Å². The zero-order valence-corrected chi connectivity index (χ0v) is 10.5. The minimum atomic E-state index is -0.800. The van der Waals surface area contributed by atoms with E-state index in [1.807, 2.05) is 13.8 Å². The van der Waals surface area contributed by atoms with Gasteiger partial charge in [-0.1, -0.05) is 13.8 Å². The molecule has 0 amide bonds. The van der Waals surface area contributed by atoms with Crippen molar-refractivity contribution in [2.24, 2.45) is 21.7 Å². The maximum atomic E-state index is 7.46. The van der Waals surface area contributed by atoms with Crippen LogP contribution in [0.4, 0.5) is 0 Å². The Hall–Kier alpha value is -1.46. The number of amidine groups is 2. The molecule has 0 bridgehead atoms. The molecule has 0 saturated carbocycles. The van der Waals surface area contributed by atoms with Gasteiger partial charge in [-0.05, 0) is 26.7 Å². The summed E-state index contributed by atoms with van der Waals surface area (Å²) in [6.07, 6.45) is 1.17. The number of rotatable bonds is 6. The van der Waals surface area contributed by atoms with Gasteiger partial charge in [-0.25, -0.2) is 0 Å². The van der Waals surface area contributed by atoms with Gasteiger partial charge in [0.1, 0.15) is 22.7 Å². The van der Waals surface area contributed by atoms with Crippen molar-refractivity contribution in [3.63, 3.8) is 0 Å². The summed E-state index contributed by atoms with van der Waals surface area (Å²) in [4.78, 5) is 0. The Morgan fingerprint density at radius 1 is 0.938 bits per heavy atom. The first-order chi connectivity index (χ1) is 7.22. The highest BCUT2D eigenvalue weighted by atomic mass is 15.2. The van der Waals surface area contributed by atoms with E-state index in [-0.39, 0.29) is 11.7 Å².